The van der Waals surface area contributed by atoms with Gasteiger partial charge in [-0.15, -0.1) is 0 Å². The van der Waals surface area contributed by atoms with Crippen LogP contribution in [0.3, 0.4) is 0 Å². The third kappa shape index (κ3) is 10.2. The van der Waals surface area contributed by atoms with Crippen LogP contribution in [0, 0.1) is 5.92 Å². The van der Waals surface area contributed by atoms with Gasteiger partial charge in [-0.25, -0.2) is 4.79 Å². The number of carboxylic acids is 1. The molecule has 0 spiro atoms. The Morgan fingerprint density at radius 3 is 1.85 bits per heavy atom. The minimum atomic E-state index is -1.13. The van der Waals surface area contributed by atoms with Gasteiger partial charge in [-0.05, 0) is 44.6 Å². The lowest BCUT2D eigenvalue weighted by Crippen LogP contribution is -2.55. The molecule has 0 aromatic carbocycles. The molecule has 0 bridgehead atoms. The summed E-state index contributed by atoms with van der Waals surface area (Å²) in [7, 11) is 0. The Hall–Kier alpha value is -1.81. The van der Waals surface area contributed by atoms with E-state index in [2.05, 4.69) is 16.0 Å². The van der Waals surface area contributed by atoms with Crippen LogP contribution in [0.5, 0.6) is 0 Å². The first-order valence-electron chi connectivity index (χ1n) is 8.88. The lowest BCUT2D eigenvalue weighted by molar-refractivity contribution is -0.142. The van der Waals surface area contributed by atoms with Gasteiger partial charge in [0.1, 0.15) is 18.1 Å². The van der Waals surface area contributed by atoms with Crippen LogP contribution in [0.4, 0.5) is 0 Å². The van der Waals surface area contributed by atoms with Crippen molar-refractivity contribution in [2.45, 2.75) is 64.7 Å². The molecule has 10 heteroatoms. The van der Waals surface area contributed by atoms with Crippen molar-refractivity contribution in [1.29, 1.82) is 0 Å². The molecule has 9 nitrogen and oxygen atoms in total. The van der Waals surface area contributed by atoms with E-state index in [0.29, 0.717) is 6.42 Å². The molecule has 0 rings (SSSR count). The van der Waals surface area contributed by atoms with Gasteiger partial charge in [0.15, 0.2) is 0 Å². The summed E-state index contributed by atoms with van der Waals surface area (Å²) in [5.74, 6) is -1.91. The van der Waals surface area contributed by atoms with Gasteiger partial charge in [-0.1, -0.05) is 13.8 Å². The second kappa shape index (κ2) is 12.6. The predicted molar refractivity (Wildman–Crippen MR) is 105 cm³/mol. The molecule has 0 aromatic rings. The van der Waals surface area contributed by atoms with E-state index in [1.807, 2.05) is 20.1 Å². The number of hydrogen-bond donors (Lipinski definition) is 5. The van der Waals surface area contributed by atoms with Crippen molar-refractivity contribution in [2.75, 3.05) is 12.0 Å². The van der Waals surface area contributed by atoms with Crippen LogP contribution >= 0.6 is 11.8 Å². The molecule has 0 saturated heterocycles. The zero-order valence-corrected chi connectivity index (χ0v) is 17.4. The third-order valence-corrected chi connectivity index (χ3v) is 4.44. The van der Waals surface area contributed by atoms with E-state index in [9.17, 15) is 24.3 Å². The van der Waals surface area contributed by atoms with Gasteiger partial charge >= 0.3 is 5.97 Å². The van der Waals surface area contributed by atoms with Crippen molar-refractivity contribution in [2.24, 2.45) is 11.7 Å². The summed E-state index contributed by atoms with van der Waals surface area (Å²) in [6.45, 7) is 6.63. The predicted octanol–water partition coefficient (Wildman–Crippen LogP) is -0.308. The van der Waals surface area contributed by atoms with Crippen molar-refractivity contribution in [3.63, 3.8) is 0 Å². The lowest BCUT2D eigenvalue weighted by Gasteiger charge is -2.22. The first kappa shape index (κ1) is 25.2. The minimum Gasteiger partial charge on any atom is -0.480 e. The monoisotopic (exact) mass is 404 g/mol. The normalized spacial score (nSPS) is 15.4. The van der Waals surface area contributed by atoms with Gasteiger partial charge in [0.25, 0.3) is 0 Å². The highest BCUT2D eigenvalue weighted by molar-refractivity contribution is 7.98. The molecule has 0 aliphatic rings. The molecule has 0 saturated carbocycles. The molecular weight excluding hydrogens is 372 g/mol. The van der Waals surface area contributed by atoms with Gasteiger partial charge in [0, 0.05) is 0 Å². The van der Waals surface area contributed by atoms with Crippen LogP contribution in [-0.2, 0) is 19.2 Å². The summed E-state index contributed by atoms with van der Waals surface area (Å²) in [6.07, 6.45) is 2.68. The van der Waals surface area contributed by atoms with E-state index >= 15 is 0 Å². The first-order valence-corrected chi connectivity index (χ1v) is 10.3. The second-order valence-corrected chi connectivity index (χ2v) is 7.86. The molecule has 156 valence electrons. The number of nitrogens with one attached hydrogen (secondary N) is 3. The highest BCUT2D eigenvalue weighted by atomic mass is 32.2. The van der Waals surface area contributed by atoms with Crippen LogP contribution in [0.15, 0.2) is 0 Å². The van der Waals surface area contributed by atoms with Crippen LogP contribution in [0.25, 0.3) is 0 Å². The summed E-state index contributed by atoms with van der Waals surface area (Å²) in [5, 5.41) is 16.6. The highest BCUT2D eigenvalue weighted by Crippen LogP contribution is 2.05. The van der Waals surface area contributed by atoms with E-state index in [0.717, 1.165) is 5.75 Å². The van der Waals surface area contributed by atoms with Crippen LogP contribution in [0.2, 0.25) is 0 Å². The third-order valence-electron chi connectivity index (χ3n) is 3.80. The summed E-state index contributed by atoms with van der Waals surface area (Å²) < 4.78 is 0. The fourth-order valence-electron chi connectivity index (χ4n) is 2.16. The summed E-state index contributed by atoms with van der Waals surface area (Å²) in [4.78, 5) is 47.5. The Morgan fingerprint density at radius 1 is 0.926 bits per heavy atom. The first-order chi connectivity index (χ1) is 12.5. The Balaban J connectivity index is 4.59. The van der Waals surface area contributed by atoms with E-state index in [-0.39, 0.29) is 12.3 Å². The quantitative estimate of drug-likeness (QED) is 0.299. The van der Waals surface area contributed by atoms with Gasteiger partial charge in [0.2, 0.25) is 17.7 Å². The minimum absolute atomic E-state index is 0.0850. The molecule has 4 unspecified atom stereocenters. The molecule has 0 heterocycles. The molecule has 0 aliphatic heterocycles. The van der Waals surface area contributed by atoms with E-state index in [1.54, 1.807) is 11.8 Å². The fourth-order valence-corrected chi connectivity index (χ4v) is 2.65. The molecule has 0 fully saturated rings. The Labute approximate surface area is 164 Å². The molecule has 27 heavy (non-hydrogen) atoms. The molecule has 0 radical (unpaired) electrons. The molecule has 3 amide bonds. The number of thioether (sulfide) groups is 1. The largest absolute Gasteiger partial charge is 0.480 e. The summed E-state index contributed by atoms with van der Waals surface area (Å²) in [6, 6.07) is -3.56. The van der Waals surface area contributed by atoms with Crippen molar-refractivity contribution in [3.05, 3.63) is 0 Å². The van der Waals surface area contributed by atoms with E-state index < -0.39 is 47.9 Å². The Morgan fingerprint density at radius 2 is 1.41 bits per heavy atom. The average molecular weight is 405 g/mol. The second-order valence-electron chi connectivity index (χ2n) is 6.88. The SMILES string of the molecule is CSCCC(N)C(=O)NC(C)C(=O)NC(C)C(=O)NC(CC(C)C)C(=O)O. The van der Waals surface area contributed by atoms with Gasteiger partial charge in [0.05, 0.1) is 6.04 Å². The molecule has 4 atom stereocenters. The Kier molecular flexibility index (Phi) is 11.7. The molecule has 0 aromatic heterocycles. The van der Waals surface area contributed by atoms with Crippen molar-refractivity contribution < 1.29 is 24.3 Å². The number of carbonyl (C=O) groups is 4. The zero-order chi connectivity index (χ0) is 21.1. The summed E-state index contributed by atoms with van der Waals surface area (Å²) >= 11 is 1.57. The number of carbonyl (C=O) groups excluding carboxylic acids is 3. The number of carboxylic acid groups (broad SMARTS) is 1. The summed E-state index contributed by atoms with van der Waals surface area (Å²) in [5.41, 5.74) is 5.75. The zero-order valence-electron chi connectivity index (χ0n) is 16.6. The van der Waals surface area contributed by atoms with Gasteiger partial charge in [-0.2, -0.15) is 11.8 Å². The van der Waals surface area contributed by atoms with Crippen LogP contribution in [-0.4, -0.2) is 65.0 Å². The fraction of sp³-hybridized carbons (Fsp3) is 0.765. The van der Waals surface area contributed by atoms with E-state index in [4.69, 9.17) is 5.73 Å². The van der Waals surface area contributed by atoms with Crippen LogP contribution < -0.4 is 21.7 Å². The van der Waals surface area contributed by atoms with E-state index in [1.165, 1.54) is 13.8 Å². The topological polar surface area (TPSA) is 151 Å². The van der Waals surface area contributed by atoms with Gasteiger partial charge < -0.3 is 26.8 Å². The van der Waals surface area contributed by atoms with Crippen molar-refractivity contribution >= 4 is 35.5 Å². The molecular formula is C17H32N4O5S. The lowest BCUT2D eigenvalue weighted by atomic mass is 10.0. The molecule has 0 aliphatic carbocycles. The average Bonchev–Trinajstić information content (AvgIpc) is 2.57. The maximum absolute atomic E-state index is 12.2. The number of nitrogens with two attached hydrogens (primary N) is 1. The maximum Gasteiger partial charge on any atom is 0.326 e. The molecule has 6 N–H and O–H groups in total. The number of rotatable bonds is 12. The number of hydrogen-bond acceptors (Lipinski definition) is 6. The van der Waals surface area contributed by atoms with Gasteiger partial charge in [-0.3, -0.25) is 14.4 Å². The standard InChI is InChI=1S/C17H32N4O5S/c1-9(2)8-13(17(25)26)21-15(23)11(4)19-14(22)10(3)20-16(24)12(18)6-7-27-5/h9-13H,6-8,18H2,1-5H3,(H,19,22)(H,20,24)(H,21,23)(H,25,26). The van der Waals surface area contributed by atoms with Crippen molar-refractivity contribution in [1.82, 2.24) is 16.0 Å². The number of aliphatic carboxylic acids is 1. The smallest absolute Gasteiger partial charge is 0.326 e. The highest BCUT2D eigenvalue weighted by Gasteiger charge is 2.26. The van der Waals surface area contributed by atoms with Crippen LogP contribution in [0.1, 0.15) is 40.5 Å². The Bertz CT molecular complexity index is 529. The maximum atomic E-state index is 12.2. The number of amides is 3. The van der Waals surface area contributed by atoms with Crippen molar-refractivity contribution in [3.8, 4) is 0 Å².